The number of carboxylic acids is 3. The number of nitrogens with two attached hydrogens (primary N) is 1. The Bertz CT molecular complexity index is 2560. The van der Waals surface area contributed by atoms with Crippen LogP contribution in [0.5, 0.6) is 0 Å². The largest absolute Gasteiger partial charge is 0.481 e. The number of aromatic nitrogens is 2. The zero-order chi connectivity index (χ0) is 51.8. The van der Waals surface area contributed by atoms with Crippen molar-refractivity contribution in [3.63, 3.8) is 0 Å². The van der Waals surface area contributed by atoms with Crippen LogP contribution in [0.3, 0.4) is 0 Å². The van der Waals surface area contributed by atoms with E-state index in [0.29, 0.717) is 28.5 Å². The van der Waals surface area contributed by atoms with Gasteiger partial charge in [-0.1, -0.05) is 70.5 Å². The Kier molecular flexibility index (Phi) is 20.0. The van der Waals surface area contributed by atoms with E-state index in [1.165, 1.54) is 6.92 Å². The molecule has 0 aliphatic rings. The summed E-state index contributed by atoms with van der Waals surface area (Å²) in [6.07, 6.45) is 1.42. The predicted molar refractivity (Wildman–Crippen MR) is 253 cm³/mol. The smallest absolute Gasteiger partial charge is 0.326 e. The topological polar surface area (TPSA) is 373 Å². The van der Waals surface area contributed by atoms with Crippen LogP contribution in [0.2, 0.25) is 0 Å². The van der Waals surface area contributed by atoms with Gasteiger partial charge in [-0.05, 0) is 54.9 Å². The second-order valence-corrected chi connectivity index (χ2v) is 17.4. The molecule has 0 radical (unpaired) electrons. The van der Waals surface area contributed by atoms with E-state index in [9.17, 15) is 63.3 Å². The molecule has 2 aromatic carbocycles. The summed E-state index contributed by atoms with van der Waals surface area (Å²) in [4.78, 5) is 136. The van der Waals surface area contributed by atoms with E-state index in [-0.39, 0.29) is 12.8 Å². The standard InChI is InChI=1S/C47H62N10O13/c1-6-24(4)40(47(69)70)57-41(63)25(5)52-36(58)22-51-46(68)39(23(2)3)56-45(67)34(18-27-21-50-32-14-10-8-12-29(27)32)54-44(66)35(19-38(61)62)55-43(65)33(15-16-37(59)60)53-42(64)30(48)17-26-20-49-31-13-9-7-11-28(26)31/h7-14,20-21,23-25,30,33-35,39-40,49-50H,6,15-19,22,48H2,1-5H3,(H,51,68)(H,52,58)(H,53,64)(H,54,66)(H,55,65)(H,56,67)(H,57,63)(H,59,60)(H,61,62)(H,69,70)/t24-,25-,30-,33-,34-,35-,39-,40-/m0/s1. The van der Waals surface area contributed by atoms with Crippen LogP contribution in [-0.4, -0.2) is 133 Å². The van der Waals surface area contributed by atoms with E-state index < -0.39 is 139 Å². The van der Waals surface area contributed by atoms with E-state index in [2.05, 4.69) is 47.2 Å². The minimum atomic E-state index is -1.88. The summed E-state index contributed by atoms with van der Waals surface area (Å²) in [5, 5.41) is 47.3. The van der Waals surface area contributed by atoms with Crippen molar-refractivity contribution in [2.24, 2.45) is 17.6 Å². The maximum Gasteiger partial charge on any atom is 0.326 e. The minimum Gasteiger partial charge on any atom is -0.481 e. The summed E-state index contributed by atoms with van der Waals surface area (Å²) in [5.41, 5.74) is 8.92. The van der Waals surface area contributed by atoms with Crippen LogP contribution >= 0.6 is 0 Å². The number of nitrogens with one attached hydrogen (secondary N) is 9. The second-order valence-electron chi connectivity index (χ2n) is 17.4. The van der Waals surface area contributed by atoms with Gasteiger partial charge in [0.25, 0.3) is 0 Å². The Morgan fingerprint density at radius 2 is 1.10 bits per heavy atom. The van der Waals surface area contributed by atoms with Crippen molar-refractivity contribution in [2.45, 2.75) is 115 Å². The number of rotatable bonds is 27. The van der Waals surface area contributed by atoms with Gasteiger partial charge in [0.2, 0.25) is 41.4 Å². The summed E-state index contributed by atoms with van der Waals surface area (Å²) in [5.74, 6) is -11.6. The molecule has 0 bridgehead atoms. The Labute approximate surface area is 402 Å². The molecule has 0 spiro atoms. The molecule has 0 saturated carbocycles. The molecule has 7 amide bonds. The van der Waals surface area contributed by atoms with Crippen LogP contribution in [-0.2, 0) is 60.8 Å². The van der Waals surface area contributed by atoms with E-state index in [1.54, 1.807) is 70.4 Å². The van der Waals surface area contributed by atoms with E-state index in [4.69, 9.17) is 5.73 Å². The predicted octanol–water partition coefficient (Wildman–Crippen LogP) is -0.0672. The third-order valence-corrected chi connectivity index (χ3v) is 11.7. The normalized spacial score (nSPS) is 14.7. The lowest BCUT2D eigenvalue weighted by atomic mass is 9.99. The molecular formula is C47H62N10O13. The molecule has 378 valence electrons. The molecular weight excluding hydrogens is 913 g/mol. The quantitative estimate of drug-likeness (QED) is 0.0372. The number of carbonyl (C=O) groups excluding carboxylic acids is 7. The fourth-order valence-electron chi connectivity index (χ4n) is 7.49. The number of aromatic amines is 2. The van der Waals surface area contributed by atoms with Crippen molar-refractivity contribution >= 4 is 81.1 Å². The van der Waals surface area contributed by atoms with Gasteiger partial charge in [0.1, 0.15) is 36.3 Å². The van der Waals surface area contributed by atoms with Crippen LogP contribution in [0.1, 0.15) is 71.4 Å². The summed E-state index contributed by atoms with van der Waals surface area (Å²) < 4.78 is 0. The van der Waals surface area contributed by atoms with Gasteiger partial charge in [-0.2, -0.15) is 0 Å². The number of H-pyrrole nitrogens is 2. The number of fused-ring (bicyclic) bond motifs is 2. The molecule has 14 N–H and O–H groups in total. The number of aliphatic carboxylic acids is 3. The molecule has 0 aliphatic carbocycles. The van der Waals surface area contributed by atoms with Gasteiger partial charge < -0.3 is 68.2 Å². The molecule has 2 heterocycles. The number of carboxylic acid groups (broad SMARTS) is 3. The number of hydrogen-bond donors (Lipinski definition) is 13. The van der Waals surface area contributed by atoms with Gasteiger partial charge in [-0.25, -0.2) is 4.79 Å². The van der Waals surface area contributed by atoms with Crippen molar-refractivity contribution in [1.29, 1.82) is 0 Å². The molecule has 0 aliphatic heterocycles. The molecule has 0 fully saturated rings. The highest BCUT2D eigenvalue weighted by molar-refractivity contribution is 5.99. The lowest BCUT2D eigenvalue weighted by molar-refractivity contribution is -0.143. The number of carbonyl (C=O) groups is 10. The van der Waals surface area contributed by atoms with Gasteiger partial charge in [0, 0.05) is 47.0 Å². The summed E-state index contributed by atoms with van der Waals surface area (Å²) >= 11 is 0. The molecule has 4 rings (SSSR count). The zero-order valence-corrected chi connectivity index (χ0v) is 39.4. The molecule has 8 atom stereocenters. The van der Waals surface area contributed by atoms with Gasteiger partial charge in [0.05, 0.1) is 19.0 Å². The van der Waals surface area contributed by atoms with E-state index in [1.807, 2.05) is 18.2 Å². The van der Waals surface area contributed by atoms with E-state index >= 15 is 0 Å². The number of amides is 7. The van der Waals surface area contributed by atoms with Crippen molar-refractivity contribution in [3.05, 3.63) is 72.1 Å². The van der Waals surface area contributed by atoms with E-state index in [0.717, 1.165) is 10.9 Å². The molecule has 4 aromatic rings. The lowest BCUT2D eigenvalue weighted by Crippen LogP contribution is -2.60. The first kappa shape index (κ1) is 54.8. The van der Waals surface area contributed by atoms with Gasteiger partial charge in [-0.3, -0.25) is 43.2 Å². The monoisotopic (exact) mass is 974 g/mol. The van der Waals surface area contributed by atoms with Crippen molar-refractivity contribution < 1.29 is 63.3 Å². The van der Waals surface area contributed by atoms with Crippen LogP contribution in [0.15, 0.2) is 60.9 Å². The third-order valence-electron chi connectivity index (χ3n) is 11.7. The highest BCUT2D eigenvalue weighted by Gasteiger charge is 2.35. The second kappa shape index (κ2) is 25.5. The number of benzene rings is 2. The first-order valence-corrected chi connectivity index (χ1v) is 22.7. The fourth-order valence-corrected chi connectivity index (χ4v) is 7.49. The Morgan fingerprint density at radius 3 is 1.64 bits per heavy atom. The summed E-state index contributed by atoms with van der Waals surface area (Å²) in [6.45, 7) is 7.27. The highest BCUT2D eigenvalue weighted by atomic mass is 16.4. The van der Waals surface area contributed by atoms with Crippen LogP contribution in [0, 0.1) is 11.8 Å². The molecule has 0 saturated heterocycles. The minimum absolute atomic E-state index is 0.0255. The Balaban J connectivity index is 1.50. The fraction of sp³-hybridized carbons (Fsp3) is 0.447. The number of hydrogen-bond acceptors (Lipinski definition) is 11. The number of para-hydroxylation sites is 2. The first-order valence-electron chi connectivity index (χ1n) is 22.7. The van der Waals surface area contributed by atoms with Gasteiger partial charge in [0.15, 0.2) is 0 Å². The van der Waals surface area contributed by atoms with Crippen molar-refractivity contribution in [3.8, 4) is 0 Å². The summed E-state index contributed by atoms with van der Waals surface area (Å²) in [6, 6.07) is 4.34. The van der Waals surface area contributed by atoms with Gasteiger partial charge >= 0.3 is 17.9 Å². The third kappa shape index (κ3) is 15.6. The van der Waals surface area contributed by atoms with Crippen molar-refractivity contribution in [2.75, 3.05) is 6.54 Å². The Hall–Kier alpha value is -7.82. The van der Waals surface area contributed by atoms with Crippen LogP contribution < -0.4 is 43.0 Å². The van der Waals surface area contributed by atoms with Gasteiger partial charge in [-0.15, -0.1) is 0 Å². The summed E-state index contributed by atoms with van der Waals surface area (Å²) in [7, 11) is 0. The average molecular weight is 975 g/mol. The van der Waals surface area contributed by atoms with Crippen LogP contribution in [0.25, 0.3) is 21.8 Å². The molecule has 23 heteroatoms. The maximum absolute atomic E-state index is 14.2. The molecule has 70 heavy (non-hydrogen) atoms. The molecule has 0 unspecified atom stereocenters. The highest BCUT2D eigenvalue weighted by Crippen LogP contribution is 2.21. The SMILES string of the molecule is CC[C@H](C)[C@H](NC(=O)[C@H](C)NC(=O)CNC(=O)[C@@H](NC(=O)[C@H](Cc1c[nH]c2ccccc12)NC(=O)[C@H](CC(=O)O)NC(=O)[C@H](CCC(=O)O)NC(=O)[C@@H](N)Cc1c[nH]c2ccccc12)C(C)C)C(=O)O. The lowest BCUT2D eigenvalue weighted by Gasteiger charge is -2.27. The zero-order valence-electron chi connectivity index (χ0n) is 39.4. The van der Waals surface area contributed by atoms with Crippen molar-refractivity contribution in [1.82, 2.24) is 47.2 Å². The first-order chi connectivity index (χ1) is 33.1. The molecule has 23 nitrogen and oxygen atoms in total. The Morgan fingerprint density at radius 1 is 0.586 bits per heavy atom. The van der Waals surface area contributed by atoms with Crippen LogP contribution in [0.4, 0.5) is 0 Å². The maximum atomic E-state index is 14.2. The molecule has 2 aromatic heterocycles. The average Bonchev–Trinajstić information content (AvgIpc) is 3.92.